The van der Waals surface area contributed by atoms with Crippen molar-refractivity contribution in [2.45, 2.75) is 18.4 Å². The summed E-state index contributed by atoms with van der Waals surface area (Å²) >= 11 is 1.60. The Labute approximate surface area is 121 Å². The molecule has 1 amide bonds. The second-order valence-corrected chi connectivity index (χ2v) is 5.16. The second kappa shape index (κ2) is 6.38. The molecular weight excluding hydrogens is 274 g/mol. The summed E-state index contributed by atoms with van der Waals surface area (Å²) in [4.78, 5) is 28.7. The van der Waals surface area contributed by atoms with Crippen LogP contribution < -0.4 is 10.9 Å². The zero-order chi connectivity index (χ0) is 14.5. The molecule has 20 heavy (non-hydrogen) atoms. The number of carbonyl (C=O) groups excluding carboxylic acids is 1. The van der Waals surface area contributed by atoms with Crippen molar-refractivity contribution in [2.75, 3.05) is 11.6 Å². The average Bonchev–Trinajstić information content (AvgIpc) is 2.42. The van der Waals surface area contributed by atoms with E-state index < -0.39 is 0 Å². The van der Waals surface area contributed by atoms with Gasteiger partial charge in [-0.15, -0.1) is 11.8 Å². The number of hydrogen-bond acceptors (Lipinski definition) is 4. The van der Waals surface area contributed by atoms with Crippen molar-refractivity contribution >= 4 is 23.4 Å². The first-order valence-corrected chi connectivity index (χ1v) is 7.28. The van der Waals surface area contributed by atoms with Crippen molar-refractivity contribution in [3.63, 3.8) is 0 Å². The number of rotatable bonds is 4. The zero-order valence-corrected chi connectivity index (χ0v) is 12.1. The standard InChI is InChI=1S/C14H15N3O2S/c1-10-6-14(19)17(9-15-10)8-13(18)16-11-4-3-5-12(7-11)20-2/h3-7,9H,8H2,1-2H3,(H,16,18). The Bertz CT molecular complexity index is 682. The van der Waals surface area contributed by atoms with Gasteiger partial charge >= 0.3 is 0 Å². The topological polar surface area (TPSA) is 64.0 Å². The lowest BCUT2D eigenvalue weighted by Gasteiger charge is -2.08. The molecule has 0 fully saturated rings. The molecule has 0 aliphatic heterocycles. The molecule has 0 aliphatic rings. The van der Waals surface area contributed by atoms with Crippen molar-refractivity contribution in [1.29, 1.82) is 0 Å². The van der Waals surface area contributed by atoms with E-state index in [4.69, 9.17) is 0 Å². The highest BCUT2D eigenvalue weighted by atomic mass is 32.2. The molecule has 0 radical (unpaired) electrons. The van der Waals surface area contributed by atoms with Crippen LogP contribution in [0.4, 0.5) is 5.69 Å². The highest BCUT2D eigenvalue weighted by Gasteiger charge is 2.06. The van der Waals surface area contributed by atoms with E-state index in [2.05, 4.69) is 10.3 Å². The Morgan fingerprint density at radius 1 is 1.40 bits per heavy atom. The van der Waals surface area contributed by atoms with Crippen molar-refractivity contribution in [1.82, 2.24) is 9.55 Å². The fourth-order valence-electron chi connectivity index (χ4n) is 1.69. The summed E-state index contributed by atoms with van der Waals surface area (Å²) in [6.07, 6.45) is 3.36. The van der Waals surface area contributed by atoms with Gasteiger partial charge in [-0.25, -0.2) is 4.98 Å². The lowest BCUT2D eigenvalue weighted by molar-refractivity contribution is -0.116. The van der Waals surface area contributed by atoms with Crippen molar-refractivity contribution < 1.29 is 4.79 Å². The fourth-order valence-corrected chi connectivity index (χ4v) is 2.15. The van der Waals surface area contributed by atoms with Gasteiger partial charge in [-0.1, -0.05) is 6.07 Å². The summed E-state index contributed by atoms with van der Waals surface area (Å²) in [5, 5.41) is 2.77. The normalized spacial score (nSPS) is 10.3. The Morgan fingerprint density at radius 3 is 2.90 bits per heavy atom. The van der Waals surface area contributed by atoms with Gasteiger partial charge in [0.2, 0.25) is 5.91 Å². The monoisotopic (exact) mass is 289 g/mol. The van der Waals surface area contributed by atoms with Crippen LogP contribution in [0.25, 0.3) is 0 Å². The molecule has 2 rings (SSSR count). The first kappa shape index (κ1) is 14.3. The third-order valence-electron chi connectivity index (χ3n) is 2.68. The first-order chi connectivity index (χ1) is 9.58. The van der Waals surface area contributed by atoms with E-state index in [1.807, 2.05) is 30.5 Å². The minimum Gasteiger partial charge on any atom is -0.324 e. The second-order valence-electron chi connectivity index (χ2n) is 4.28. The van der Waals surface area contributed by atoms with Crippen LogP contribution >= 0.6 is 11.8 Å². The van der Waals surface area contributed by atoms with Gasteiger partial charge in [0.25, 0.3) is 5.56 Å². The van der Waals surface area contributed by atoms with Crippen LogP contribution in [0.15, 0.2) is 46.3 Å². The zero-order valence-electron chi connectivity index (χ0n) is 11.3. The van der Waals surface area contributed by atoms with Crippen LogP contribution in [0.1, 0.15) is 5.69 Å². The number of benzene rings is 1. The van der Waals surface area contributed by atoms with E-state index in [1.54, 1.807) is 18.7 Å². The van der Waals surface area contributed by atoms with Crippen molar-refractivity contribution in [2.24, 2.45) is 0 Å². The van der Waals surface area contributed by atoms with Crippen molar-refractivity contribution in [3.8, 4) is 0 Å². The number of aromatic nitrogens is 2. The van der Waals surface area contributed by atoms with Gasteiger partial charge in [0.05, 0.1) is 6.33 Å². The third-order valence-corrected chi connectivity index (χ3v) is 3.41. The molecule has 0 unspecified atom stereocenters. The quantitative estimate of drug-likeness (QED) is 0.873. The van der Waals surface area contributed by atoms with E-state index >= 15 is 0 Å². The lowest BCUT2D eigenvalue weighted by Crippen LogP contribution is -2.27. The Morgan fingerprint density at radius 2 is 2.20 bits per heavy atom. The van der Waals surface area contributed by atoms with Gasteiger partial charge < -0.3 is 5.32 Å². The van der Waals surface area contributed by atoms with E-state index in [0.29, 0.717) is 5.69 Å². The fraction of sp³-hybridized carbons (Fsp3) is 0.214. The number of hydrogen-bond donors (Lipinski definition) is 1. The maximum absolute atomic E-state index is 11.9. The number of carbonyl (C=O) groups is 1. The van der Waals surface area contributed by atoms with Gasteiger partial charge in [-0.05, 0) is 31.4 Å². The Hall–Kier alpha value is -2.08. The van der Waals surface area contributed by atoms with Gasteiger partial charge in [0.15, 0.2) is 0 Å². The number of amides is 1. The Balaban J connectivity index is 2.07. The molecule has 0 atom stereocenters. The minimum atomic E-state index is -0.254. The molecule has 0 saturated carbocycles. The molecule has 2 aromatic rings. The largest absolute Gasteiger partial charge is 0.324 e. The summed E-state index contributed by atoms with van der Waals surface area (Å²) < 4.78 is 1.28. The van der Waals surface area contributed by atoms with Crippen LogP contribution in [-0.2, 0) is 11.3 Å². The molecule has 0 spiro atoms. The van der Waals surface area contributed by atoms with Crippen LogP contribution in [0.5, 0.6) is 0 Å². The smallest absolute Gasteiger partial charge is 0.253 e. The number of aryl methyl sites for hydroxylation is 1. The van der Waals surface area contributed by atoms with Crippen molar-refractivity contribution in [3.05, 3.63) is 52.7 Å². The molecule has 1 aromatic heterocycles. The van der Waals surface area contributed by atoms with Crippen LogP contribution in [-0.4, -0.2) is 21.7 Å². The molecule has 104 valence electrons. The number of anilines is 1. The van der Waals surface area contributed by atoms with Gasteiger partial charge in [0, 0.05) is 22.3 Å². The van der Waals surface area contributed by atoms with Gasteiger partial charge in [-0.2, -0.15) is 0 Å². The highest BCUT2D eigenvalue weighted by molar-refractivity contribution is 7.98. The summed E-state index contributed by atoms with van der Waals surface area (Å²) in [5.74, 6) is -0.254. The molecular formula is C14H15N3O2S. The first-order valence-electron chi connectivity index (χ1n) is 6.05. The molecule has 0 bridgehead atoms. The average molecular weight is 289 g/mol. The third kappa shape index (κ3) is 3.71. The number of nitrogens with zero attached hydrogens (tertiary/aromatic N) is 2. The van der Waals surface area contributed by atoms with E-state index in [1.165, 1.54) is 17.0 Å². The summed E-state index contributed by atoms with van der Waals surface area (Å²) in [7, 11) is 0. The maximum Gasteiger partial charge on any atom is 0.253 e. The molecule has 5 nitrogen and oxygen atoms in total. The Kier molecular flexibility index (Phi) is 4.57. The summed E-state index contributed by atoms with van der Waals surface area (Å²) in [6, 6.07) is 8.95. The molecule has 1 N–H and O–H groups in total. The summed E-state index contributed by atoms with van der Waals surface area (Å²) in [6.45, 7) is 1.69. The van der Waals surface area contributed by atoms with E-state index in [9.17, 15) is 9.59 Å². The molecule has 0 saturated heterocycles. The molecule has 6 heteroatoms. The van der Waals surface area contributed by atoms with Gasteiger partial charge in [0.1, 0.15) is 6.54 Å². The highest BCUT2D eigenvalue weighted by Crippen LogP contribution is 2.18. The molecule has 1 aromatic carbocycles. The number of nitrogens with one attached hydrogen (secondary N) is 1. The number of thioether (sulfide) groups is 1. The van der Waals surface area contributed by atoms with E-state index in [0.717, 1.165) is 10.6 Å². The predicted molar refractivity (Wildman–Crippen MR) is 80.1 cm³/mol. The molecule has 0 aliphatic carbocycles. The van der Waals surface area contributed by atoms with E-state index in [-0.39, 0.29) is 18.0 Å². The lowest BCUT2D eigenvalue weighted by atomic mass is 10.3. The SMILES string of the molecule is CSc1cccc(NC(=O)Cn2cnc(C)cc2=O)c1. The van der Waals surface area contributed by atoms with Crippen LogP contribution in [0, 0.1) is 6.92 Å². The van der Waals surface area contributed by atoms with Crippen LogP contribution in [0.3, 0.4) is 0 Å². The minimum absolute atomic E-state index is 0.0460. The summed E-state index contributed by atoms with van der Waals surface area (Å²) in [5.41, 5.74) is 1.12. The van der Waals surface area contributed by atoms with Crippen LogP contribution in [0.2, 0.25) is 0 Å². The maximum atomic E-state index is 11.9. The van der Waals surface area contributed by atoms with Gasteiger partial charge in [-0.3, -0.25) is 14.2 Å². The molecule has 1 heterocycles. The predicted octanol–water partition coefficient (Wildman–Crippen LogP) is 1.91.